The molecule has 0 fully saturated rings. The average Bonchev–Trinajstić information content (AvgIpc) is 3.29. The Balaban J connectivity index is 1.45. The number of hydrogen-bond acceptors (Lipinski definition) is 4. The Kier molecular flexibility index (Phi) is 3.89. The second-order valence-corrected chi connectivity index (χ2v) is 10.3. The first-order valence-corrected chi connectivity index (χ1v) is 12.1. The summed E-state index contributed by atoms with van der Waals surface area (Å²) in [5.74, 6) is 0.920. The van der Waals surface area contributed by atoms with Gasteiger partial charge in [-0.1, -0.05) is 42.5 Å². The lowest BCUT2D eigenvalue weighted by molar-refractivity contribution is 0.105. The van der Waals surface area contributed by atoms with Crippen molar-refractivity contribution in [1.29, 1.82) is 0 Å². The largest absolute Gasteiger partial charge is 0.459 e. The standard InChI is InChI=1S/C30H28N2O2/c1-17(33-4)18-13-14-21-27-22(19-9-5-6-10-20(19)26(18)27)15-25-28(21)34-30(16-31-25)29(2,3)23-11-7-8-12-24(23)32-30/h5-12,15-17,32H,13-14H2,1-4H3. The number of aliphatic imine (C=N–C) groups is 1. The monoisotopic (exact) mass is 448 g/mol. The summed E-state index contributed by atoms with van der Waals surface area (Å²) in [6, 6.07) is 19.4. The van der Waals surface area contributed by atoms with Crippen LogP contribution in [0.4, 0.5) is 11.4 Å². The zero-order valence-corrected chi connectivity index (χ0v) is 20.0. The molecule has 0 amide bonds. The minimum absolute atomic E-state index is 0.0772. The summed E-state index contributed by atoms with van der Waals surface area (Å²) in [7, 11) is 1.80. The number of fused-ring (bicyclic) bond motifs is 6. The molecule has 0 bridgehead atoms. The van der Waals surface area contributed by atoms with Crippen LogP contribution in [0.25, 0.3) is 16.7 Å². The number of anilines is 1. The number of nitrogens with zero attached hydrogens (tertiary/aromatic N) is 1. The summed E-state index contributed by atoms with van der Waals surface area (Å²) < 4.78 is 12.8. The van der Waals surface area contributed by atoms with Crippen molar-refractivity contribution in [2.45, 2.75) is 50.9 Å². The van der Waals surface area contributed by atoms with Crippen LogP contribution in [0.3, 0.4) is 0 Å². The highest BCUT2D eigenvalue weighted by Gasteiger charge is 2.55. The van der Waals surface area contributed by atoms with E-state index in [0.717, 1.165) is 30.0 Å². The molecule has 7 rings (SSSR count). The first-order chi connectivity index (χ1) is 16.4. The Hall–Kier alpha value is -3.37. The normalized spacial score (nSPS) is 23.1. The van der Waals surface area contributed by atoms with E-state index in [2.05, 4.69) is 80.7 Å². The lowest BCUT2D eigenvalue weighted by atomic mass is 9.77. The number of para-hydroxylation sites is 1. The van der Waals surface area contributed by atoms with Crippen LogP contribution in [0.2, 0.25) is 0 Å². The third kappa shape index (κ3) is 2.34. The first-order valence-electron chi connectivity index (χ1n) is 12.1. The number of rotatable bonds is 2. The highest BCUT2D eigenvalue weighted by Crippen LogP contribution is 2.58. The summed E-state index contributed by atoms with van der Waals surface area (Å²) in [5.41, 5.74) is 11.4. The maximum absolute atomic E-state index is 7.01. The summed E-state index contributed by atoms with van der Waals surface area (Å²) in [6.45, 7) is 6.63. The molecule has 2 heterocycles. The third-order valence-electron chi connectivity index (χ3n) is 8.40. The number of methoxy groups -OCH3 is 1. The molecule has 2 atom stereocenters. The van der Waals surface area contributed by atoms with Gasteiger partial charge in [0, 0.05) is 18.4 Å². The van der Waals surface area contributed by atoms with Gasteiger partial charge >= 0.3 is 0 Å². The molecule has 4 heteroatoms. The van der Waals surface area contributed by atoms with E-state index in [9.17, 15) is 0 Å². The fourth-order valence-electron chi connectivity index (χ4n) is 6.38. The van der Waals surface area contributed by atoms with E-state index in [0.29, 0.717) is 0 Å². The Morgan fingerprint density at radius 2 is 1.76 bits per heavy atom. The molecule has 0 aromatic heterocycles. The highest BCUT2D eigenvalue weighted by atomic mass is 16.5. The van der Waals surface area contributed by atoms with E-state index >= 15 is 0 Å². The molecule has 34 heavy (non-hydrogen) atoms. The molecule has 170 valence electrons. The molecular formula is C30H28N2O2. The Bertz CT molecular complexity index is 1450. The minimum atomic E-state index is -0.718. The molecule has 3 aromatic rings. The van der Waals surface area contributed by atoms with Crippen LogP contribution in [0.15, 0.2) is 65.2 Å². The molecule has 0 saturated carbocycles. The van der Waals surface area contributed by atoms with E-state index in [1.54, 1.807) is 7.11 Å². The molecular weight excluding hydrogens is 420 g/mol. The van der Waals surface area contributed by atoms with Crippen molar-refractivity contribution >= 4 is 23.2 Å². The van der Waals surface area contributed by atoms with Crippen LogP contribution in [0, 0.1) is 0 Å². The summed E-state index contributed by atoms with van der Waals surface area (Å²) in [6.07, 6.45) is 3.94. The molecule has 4 aliphatic rings. The second-order valence-electron chi connectivity index (χ2n) is 10.3. The molecule has 2 aliphatic heterocycles. The number of nitrogens with one attached hydrogen (secondary N) is 1. The zero-order chi connectivity index (χ0) is 23.2. The zero-order valence-electron chi connectivity index (χ0n) is 20.0. The maximum atomic E-state index is 7.01. The summed E-state index contributed by atoms with van der Waals surface area (Å²) in [4.78, 5) is 5.03. The van der Waals surface area contributed by atoms with Crippen LogP contribution in [0.1, 0.15) is 49.4 Å². The van der Waals surface area contributed by atoms with Gasteiger partial charge in [0.25, 0.3) is 0 Å². The fourth-order valence-corrected chi connectivity index (χ4v) is 6.38. The average molecular weight is 449 g/mol. The van der Waals surface area contributed by atoms with Crippen molar-refractivity contribution in [1.82, 2.24) is 0 Å². The molecule has 1 N–H and O–H groups in total. The van der Waals surface area contributed by atoms with Crippen molar-refractivity contribution in [3.05, 3.63) is 82.4 Å². The quantitative estimate of drug-likeness (QED) is 0.374. The van der Waals surface area contributed by atoms with Gasteiger partial charge in [-0.3, -0.25) is 4.99 Å². The van der Waals surface area contributed by atoms with Crippen LogP contribution >= 0.6 is 0 Å². The van der Waals surface area contributed by atoms with Crippen LogP contribution in [0.5, 0.6) is 5.75 Å². The van der Waals surface area contributed by atoms with Gasteiger partial charge in [-0.25, -0.2) is 0 Å². The van der Waals surface area contributed by atoms with E-state index < -0.39 is 5.72 Å². The fraction of sp³-hybridized carbons (Fsp3) is 0.300. The Morgan fingerprint density at radius 3 is 2.56 bits per heavy atom. The van der Waals surface area contributed by atoms with E-state index in [4.69, 9.17) is 14.5 Å². The maximum Gasteiger partial charge on any atom is 0.226 e. The van der Waals surface area contributed by atoms with Gasteiger partial charge in [0.1, 0.15) is 5.69 Å². The molecule has 4 nitrogen and oxygen atoms in total. The Labute approximate surface area is 200 Å². The molecule has 3 aromatic carbocycles. The lowest BCUT2D eigenvalue weighted by Crippen LogP contribution is -2.56. The number of benzene rings is 3. The topological polar surface area (TPSA) is 42.9 Å². The summed E-state index contributed by atoms with van der Waals surface area (Å²) >= 11 is 0. The molecule has 2 aliphatic carbocycles. The molecule has 2 unspecified atom stereocenters. The van der Waals surface area contributed by atoms with Crippen molar-refractivity contribution in [3.63, 3.8) is 0 Å². The van der Waals surface area contributed by atoms with Crippen LogP contribution < -0.4 is 10.1 Å². The van der Waals surface area contributed by atoms with Gasteiger partial charge in [-0.05, 0) is 84.7 Å². The van der Waals surface area contributed by atoms with Crippen molar-refractivity contribution < 1.29 is 9.47 Å². The Morgan fingerprint density at radius 1 is 1.00 bits per heavy atom. The number of hydrogen-bond donors (Lipinski definition) is 1. The van der Waals surface area contributed by atoms with Crippen LogP contribution in [-0.4, -0.2) is 25.2 Å². The smallest absolute Gasteiger partial charge is 0.226 e. The predicted molar refractivity (Wildman–Crippen MR) is 137 cm³/mol. The van der Waals surface area contributed by atoms with Gasteiger partial charge in [-0.2, -0.15) is 0 Å². The lowest BCUT2D eigenvalue weighted by Gasteiger charge is -2.42. The van der Waals surface area contributed by atoms with Gasteiger partial charge < -0.3 is 14.8 Å². The van der Waals surface area contributed by atoms with Crippen molar-refractivity contribution in [2.24, 2.45) is 4.99 Å². The SMILES string of the molecule is COC(C)C1=C2c3ccccc3-c3cc4c(c(c32)CC1)OC1(C=N4)Nc2ccccc2C1(C)C. The van der Waals surface area contributed by atoms with Gasteiger partial charge in [0.05, 0.1) is 17.7 Å². The van der Waals surface area contributed by atoms with E-state index in [1.165, 1.54) is 44.5 Å². The molecule has 0 radical (unpaired) electrons. The van der Waals surface area contributed by atoms with Crippen molar-refractivity contribution in [2.75, 3.05) is 12.4 Å². The van der Waals surface area contributed by atoms with Gasteiger partial charge in [0.2, 0.25) is 5.72 Å². The highest BCUT2D eigenvalue weighted by molar-refractivity contribution is 6.06. The molecule has 0 saturated heterocycles. The van der Waals surface area contributed by atoms with Gasteiger partial charge in [0.15, 0.2) is 5.75 Å². The van der Waals surface area contributed by atoms with E-state index in [1.807, 2.05) is 6.21 Å². The van der Waals surface area contributed by atoms with Crippen LogP contribution in [-0.2, 0) is 16.6 Å². The van der Waals surface area contributed by atoms with E-state index in [-0.39, 0.29) is 11.5 Å². The molecule has 1 spiro atoms. The predicted octanol–water partition coefficient (Wildman–Crippen LogP) is 6.64. The first kappa shape index (κ1) is 20.0. The minimum Gasteiger partial charge on any atom is -0.459 e. The summed E-state index contributed by atoms with van der Waals surface area (Å²) in [5, 5.41) is 3.68. The van der Waals surface area contributed by atoms with Crippen molar-refractivity contribution in [3.8, 4) is 16.9 Å². The second kappa shape index (κ2) is 6.61. The third-order valence-corrected chi connectivity index (χ3v) is 8.40. The van der Waals surface area contributed by atoms with Gasteiger partial charge in [-0.15, -0.1) is 0 Å². The number of ether oxygens (including phenoxy) is 2.